The first kappa shape index (κ1) is 17.5. The molecule has 23 heavy (non-hydrogen) atoms. The van der Waals surface area contributed by atoms with E-state index in [9.17, 15) is 14.7 Å². The van der Waals surface area contributed by atoms with Gasteiger partial charge in [0.25, 0.3) is 5.91 Å². The smallest absolute Gasteiger partial charge is 0.327 e. The summed E-state index contributed by atoms with van der Waals surface area (Å²) in [4.78, 5) is 25.6. The number of hydrogen-bond acceptors (Lipinski definition) is 5. The average Bonchev–Trinajstić information content (AvgIpc) is 2.75. The van der Waals surface area contributed by atoms with E-state index in [1.165, 1.54) is 4.90 Å². The van der Waals surface area contributed by atoms with Crippen molar-refractivity contribution in [2.45, 2.75) is 19.9 Å². The Hall–Kier alpha value is -1.86. The van der Waals surface area contributed by atoms with Crippen LogP contribution in [0, 0.1) is 5.92 Å². The molecule has 1 N–H and O–H groups in total. The van der Waals surface area contributed by atoms with E-state index < -0.39 is 12.0 Å². The van der Waals surface area contributed by atoms with Gasteiger partial charge in [0.15, 0.2) is 0 Å². The molecule has 1 fully saturated rings. The molecule has 0 unspecified atom stereocenters. The molecule has 1 amide bonds. The maximum Gasteiger partial charge on any atom is 0.327 e. The number of hydrogen-bond donors (Lipinski definition) is 1. The lowest BCUT2D eigenvalue weighted by Crippen LogP contribution is -2.47. The van der Waals surface area contributed by atoms with E-state index in [2.05, 4.69) is 0 Å². The van der Waals surface area contributed by atoms with Gasteiger partial charge in [0.2, 0.25) is 0 Å². The van der Waals surface area contributed by atoms with Crippen molar-refractivity contribution in [3.63, 3.8) is 0 Å². The summed E-state index contributed by atoms with van der Waals surface area (Å²) < 4.78 is 5.37. The number of aliphatic carboxylic acids is 1. The van der Waals surface area contributed by atoms with E-state index in [1.807, 2.05) is 12.1 Å². The fraction of sp³-hybridized carbons (Fsp3) is 0.312. The highest BCUT2D eigenvalue weighted by Gasteiger charge is 2.41. The Balaban J connectivity index is 2.29. The van der Waals surface area contributed by atoms with Gasteiger partial charge in [-0.2, -0.15) is 0 Å². The lowest BCUT2D eigenvalue weighted by Gasteiger charge is -2.26. The van der Waals surface area contributed by atoms with Crippen molar-refractivity contribution >= 4 is 46.3 Å². The van der Waals surface area contributed by atoms with E-state index in [0.29, 0.717) is 4.91 Å². The van der Waals surface area contributed by atoms with Gasteiger partial charge in [-0.1, -0.05) is 50.0 Å². The second-order valence-corrected chi connectivity index (χ2v) is 7.03. The highest BCUT2D eigenvalue weighted by molar-refractivity contribution is 8.26. The van der Waals surface area contributed by atoms with Gasteiger partial charge in [0.05, 0.1) is 12.0 Å². The van der Waals surface area contributed by atoms with Gasteiger partial charge < -0.3 is 9.84 Å². The molecule has 1 saturated heterocycles. The van der Waals surface area contributed by atoms with Crippen molar-refractivity contribution < 1.29 is 19.4 Å². The number of rotatable bonds is 5. The van der Waals surface area contributed by atoms with Gasteiger partial charge in [-0.3, -0.25) is 9.69 Å². The number of thioether (sulfide) groups is 1. The third kappa shape index (κ3) is 3.73. The monoisotopic (exact) mass is 351 g/mol. The Morgan fingerprint density at radius 3 is 2.43 bits per heavy atom. The van der Waals surface area contributed by atoms with Crippen molar-refractivity contribution in [1.82, 2.24) is 4.90 Å². The zero-order valence-electron chi connectivity index (χ0n) is 13.0. The molecule has 2 rings (SSSR count). The summed E-state index contributed by atoms with van der Waals surface area (Å²) in [7, 11) is 1.58. The first-order chi connectivity index (χ1) is 10.8. The normalized spacial score (nSPS) is 17.9. The highest BCUT2D eigenvalue weighted by Crippen LogP contribution is 2.35. The Kier molecular flexibility index (Phi) is 5.43. The molecular weight excluding hydrogens is 334 g/mol. The van der Waals surface area contributed by atoms with Crippen LogP contribution >= 0.6 is 24.0 Å². The third-order valence-electron chi connectivity index (χ3n) is 3.40. The van der Waals surface area contributed by atoms with Gasteiger partial charge in [-0.15, -0.1) is 0 Å². The van der Waals surface area contributed by atoms with Crippen LogP contribution in [-0.4, -0.2) is 39.4 Å². The van der Waals surface area contributed by atoms with Gasteiger partial charge in [-0.25, -0.2) is 4.79 Å². The molecule has 7 heteroatoms. The van der Waals surface area contributed by atoms with E-state index in [1.54, 1.807) is 39.2 Å². The molecule has 0 aliphatic carbocycles. The summed E-state index contributed by atoms with van der Waals surface area (Å²) >= 11 is 6.33. The van der Waals surface area contributed by atoms with Crippen molar-refractivity contribution in [3.8, 4) is 5.75 Å². The number of carbonyl (C=O) groups is 2. The number of nitrogens with zero attached hydrogens (tertiary/aromatic N) is 1. The second kappa shape index (κ2) is 7.14. The number of carboxylic acid groups (broad SMARTS) is 1. The number of carboxylic acids is 1. The second-order valence-electron chi connectivity index (χ2n) is 5.35. The lowest BCUT2D eigenvalue weighted by atomic mass is 10.0. The van der Waals surface area contributed by atoms with E-state index in [4.69, 9.17) is 17.0 Å². The number of benzene rings is 1. The molecule has 0 aromatic heterocycles. The maximum absolute atomic E-state index is 12.6. The van der Waals surface area contributed by atoms with Crippen LogP contribution in [0.4, 0.5) is 0 Å². The van der Waals surface area contributed by atoms with Crippen LogP contribution in [0.5, 0.6) is 5.75 Å². The zero-order chi connectivity index (χ0) is 17.1. The number of thiocarbonyl (C=S) groups is 1. The number of methoxy groups -OCH3 is 1. The van der Waals surface area contributed by atoms with Gasteiger partial charge >= 0.3 is 5.97 Å². The molecule has 0 spiro atoms. The van der Waals surface area contributed by atoms with Gasteiger partial charge in [0.1, 0.15) is 16.1 Å². The van der Waals surface area contributed by atoms with Crippen LogP contribution in [0.1, 0.15) is 19.4 Å². The van der Waals surface area contributed by atoms with Crippen LogP contribution in [0.15, 0.2) is 29.2 Å². The minimum absolute atomic E-state index is 0.240. The molecular formula is C16H17NO4S2. The number of carbonyl (C=O) groups excluding carboxylic acids is 1. The SMILES string of the molecule is COc1ccc(/C=C2/SC(=S)N([C@@H](C(=O)O)C(C)C)C2=O)cc1. The number of amides is 1. The zero-order valence-corrected chi connectivity index (χ0v) is 14.6. The Bertz CT molecular complexity index is 667. The summed E-state index contributed by atoms with van der Waals surface area (Å²) in [6.45, 7) is 3.51. The Morgan fingerprint density at radius 2 is 1.96 bits per heavy atom. The quantitative estimate of drug-likeness (QED) is 0.650. The molecule has 1 heterocycles. The summed E-state index contributed by atoms with van der Waals surface area (Å²) in [5.74, 6) is -0.935. The minimum Gasteiger partial charge on any atom is -0.497 e. The minimum atomic E-state index is -1.05. The molecule has 5 nitrogen and oxygen atoms in total. The largest absolute Gasteiger partial charge is 0.497 e. The molecule has 1 aliphatic rings. The van der Waals surface area contributed by atoms with Crippen LogP contribution in [0.3, 0.4) is 0 Å². The Morgan fingerprint density at radius 1 is 1.35 bits per heavy atom. The molecule has 0 bridgehead atoms. The fourth-order valence-corrected chi connectivity index (χ4v) is 3.59. The number of ether oxygens (including phenoxy) is 1. The summed E-state index contributed by atoms with van der Waals surface area (Å²) in [6.07, 6.45) is 1.71. The molecule has 122 valence electrons. The van der Waals surface area contributed by atoms with E-state index in [-0.39, 0.29) is 16.1 Å². The van der Waals surface area contributed by atoms with Crippen molar-refractivity contribution in [2.75, 3.05) is 7.11 Å². The van der Waals surface area contributed by atoms with Crippen LogP contribution in [0.25, 0.3) is 6.08 Å². The first-order valence-corrected chi connectivity index (χ1v) is 8.21. The fourth-order valence-electron chi connectivity index (χ4n) is 2.26. The maximum atomic E-state index is 12.6. The van der Waals surface area contributed by atoms with E-state index >= 15 is 0 Å². The third-order valence-corrected chi connectivity index (χ3v) is 4.73. The highest BCUT2D eigenvalue weighted by atomic mass is 32.2. The average molecular weight is 351 g/mol. The van der Waals surface area contributed by atoms with Crippen molar-refractivity contribution in [3.05, 3.63) is 34.7 Å². The van der Waals surface area contributed by atoms with Gasteiger partial charge in [0, 0.05) is 0 Å². The van der Waals surface area contributed by atoms with Gasteiger partial charge in [-0.05, 0) is 29.7 Å². The van der Waals surface area contributed by atoms with Crippen LogP contribution in [0.2, 0.25) is 0 Å². The summed E-state index contributed by atoms with van der Waals surface area (Å²) in [5, 5.41) is 9.38. The molecule has 1 aromatic rings. The molecule has 1 atom stereocenters. The van der Waals surface area contributed by atoms with E-state index in [0.717, 1.165) is 23.1 Å². The lowest BCUT2D eigenvalue weighted by molar-refractivity contribution is -0.146. The molecule has 0 radical (unpaired) electrons. The van der Waals surface area contributed by atoms with Crippen LogP contribution in [-0.2, 0) is 9.59 Å². The predicted octanol–water partition coefficient (Wildman–Crippen LogP) is 3.01. The Labute approximate surface area is 144 Å². The predicted molar refractivity (Wildman–Crippen MR) is 94.3 cm³/mol. The summed E-state index contributed by atoms with van der Waals surface area (Å²) in [5.41, 5.74) is 0.822. The first-order valence-electron chi connectivity index (χ1n) is 6.99. The summed E-state index contributed by atoms with van der Waals surface area (Å²) in [6, 6.07) is 6.27. The molecule has 1 aromatic carbocycles. The van der Waals surface area contributed by atoms with Crippen molar-refractivity contribution in [1.29, 1.82) is 0 Å². The van der Waals surface area contributed by atoms with Crippen LogP contribution < -0.4 is 4.74 Å². The molecule has 1 aliphatic heterocycles. The molecule has 0 saturated carbocycles. The topological polar surface area (TPSA) is 66.8 Å². The standard InChI is InChI=1S/C16H17NO4S2/c1-9(2)13(15(19)20)17-14(18)12(23-16(17)22)8-10-4-6-11(21-3)7-5-10/h4-9,13H,1-3H3,(H,19,20)/b12-8+/t13-/m1/s1. The van der Waals surface area contributed by atoms with Crippen molar-refractivity contribution in [2.24, 2.45) is 5.92 Å².